The molecule has 3 nitrogen and oxygen atoms in total. The zero-order valence-electron chi connectivity index (χ0n) is 10.8. The average molecular weight is 286 g/mol. The van der Waals surface area contributed by atoms with Gasteiger partial charge in [-0.2, -0.15) is 11.8 Å². The van der Waals surface area contributed by atoms with Crippen molar-refractivity contribution in [2.24, 2.45) is 0 Å². The molecule has 2 heterocycles. The van der Waals surface area contributed by atoms with Crippen molar-refractivity contribution < 1.29 is 0 Å². The van der Waals surface area contributed by atoms with E-state index in [2.05, 4.69) is 28.2 Å². The van der Waals surface area contributed by atoms with Crippen LogP contribution in [0.2, 0.25) is 5.02 Å². The van der Waals surface area contributed by atoms with Gasteiger partial charge < -0.3 is 10.2 Å². The van der Waals surface area contributed by atoms with Crippen molar-refractivity contribution >= 4 is 29.2 Å². The number of rotatable bonds is 4. The standard InChI is InChI=1S/C13H20ClN3S/c1-2-15-9-11-8-13(16-10-12(11)14)17-4-3-6-18-7-5-17/h8,10,15H,2-7,9H2,1H3. The maximum Gasteiger partial charge on any atom is 0.128 e. The van der Waals surface area contributed by atoms with E-state index in [0.717, 1.165) is 42.6 Å². The van der Waals surface area contributed by atoms with Crippen LogP contribution in [0.3, 0.4) is 0 Å². The van der Waals surface area contributed by atoms with Crippen LogP contribution in [-0.4, -0.2) is 36.1 Å². The molecule has 1 N–H and O–H groups in total. The van der Waals surface area contributed by atoms with Gasteiger partial charge in [0.2, 0.25) is 0 Å². The molecule has 1 fully saturated rings. The van der Waals surface area contributed by atoms with E-state index >= 15 is 0 Å². The topological polar surface area (TPSA) is 28.2 Å². The van der Waals surface area contributed by atoms with Gasteiger partial charge in [0.05, 0.1) is 5.02 Å². The molecule has 0 unspecified atom stereocenters. The lowest BCUT2D eigenvalue weighted by Crippen LogP contribution is -2.26. The van der Waals surface area contributed by atoms with Crippen LogP contribution in [0.15, 0.2) is 12.3 Å². The largest absolute Gasteiger partial charge is 0.356 e. The van der Waals surface area contributed by atoms with E-state index < -0.39 is 0 Å². The molecule has 1 saturated heterocycles. The van der Waals surface area contributed by atoms with Crippen LogP contribution in [0.5, 0.6) is 0 Å². The highest BCUT2D eigenvalue weighted by Gasteiger charge is 2.12. The molecule has 1 aliphatic heterocycles. The highest BCUT2D eigenvalue weighted by molar-refractivity contribution is 7.99. The summed E-state index contributed by atoms with van der Waals surface area (Å²) in [6.45, 7) is 6.05. The third-order valence-electron chi connectivity index (χ3n) is 3.03. The van der Waals surface area contributed by atoms with Crippen LogP contribution in [0.1, 0.15) is 18.9 Å². The maximum absolute atomic E-state index is 6.18. The molecule has 0 radical (unpaired) electrons. The number of nitrogens with one attached hydrogen (secondary N) is 1. The van der Waals surface area contributed by atoms with Crippen molar-refractivity contribution in [3.05, 3.63) is 22.8 Å². The first-order valence-corrected chi connectivity index (χ1v) is 8.02. The Balaban J connectivity index is 2.11. The normalized spacial score (nSPS) is 16.7. The molecule has 0 saturated carbocycles. The van der Waals surface area contributed by atoms with Gasteiger partial charge in [0.1, 0.15) is 5.82 Å². The summed E-state index contributed by atoms with van der Waals surface area (Å²) in [5.41, 5.74) is 1.14. The third-order valence-corrected chi connectivity index (χ3v) is 4.42. The Morgan fingerprint density at radius 1 is 1.44 bits per heavy atom. The molecule has 2 rings (SSSR count). The highest BCUT2D eigenvalue weighted by atomic mass is 35.5. The molecular weight excluding hydrogens is 266 g/mol. The number of hydrogen-bond acceptors (Lipinski definition) is 4. The van der Waals surface area contributed by atoms with Crippen molar-refractivity contribution in [3.8, 4) is 0 Å². The summed E-state index contributed by atoms with van der Waals surface area (Å²) in [5.74, 6) is 3.51. The molecule has 0 aliphatic carbocycles. The molecule has 0 atom stereocenters. The number of thioether (sulfide) groups is 1. The molecule has 0 aromatic carbocycles. The van der Waals surface area contributed by atoms with E-state index in [1.807, 2.05) is 11.8 Å². The molecule has 0 spiro atoms. The lowest BCUT2D eigenvalue weighted by atomic mass is 10.2. The summed E-state index contributed by atoms with van der Waals surface area (Å²) in [6.07, 6.45) is 3.01. The Bertz CT molecular complexity index is 378. The van der Waals surface area contributed by atoms with E-state index in [4.69, 9.17) is 11.6 Å². The van der Waals surface area contributed by atoms with E-state index in [-0.39, 0.29) is 0 Å². The third kappa shape index (κ3) is 3.77. The minimum Gasteiger partial charge on any atom is -0.356 e. The Labute approximate surface area is 118 Å². The van der Waals surface area contributed by atoms with Gasteiger partial charge in [-0.3, -0.25) is 0 Å². The van der Waals surface area contributed by atoms with Gasteiger partial charge >= 0.3 is 0 Å². The summed E-state index contributed by atoms with van der Waals surface area (Å²) in [4.78, 5) is 6.84. The second kappa shape index (κ2) is 7.22. The SMILES string of the molecule is CCNCc1cc(N2CCCSCC2)ncc1Cl. The van der Waals surface area contributed by atoms with Crippen molar-refractivity contribution in [1.82, 2.24) is 10.3 Å². The van der Waals surface area contributed by atoms with E-state index in [9.17, 15) is 0 Å². The minimum absolute atomic E-state index is 0.754. The quantitative estimate of drug-likeness (QED) is 0.921. The zero-order chi connectivity index (χ0) is 12.8. The van der Waals surface area contributed by atoms with E-state index in [1.165, 1.54) is 17.9 Å². The molecule has 0 bridgehead atoms. The van der Waals surface area contributed by atoms with Crippen molar-refractivity contribution in [1.29, 1.82) is 0 Å². The first-order valence-electron chi connectivity index (χ1n) is 6.49. The Hall–Kier alpha value is -0.450. The second-order valence-electron chi connectivity index (χ2n) is 4.37. The average Bonchev–Trinajstić information content (AvgIpc) is 2.67. The number of anilines is 1. The zero-order valence-corrected chi connectivity index (χ0v) is 12.4. The lowest BCUT2D eigenvalue weighted by Gasteiger charge is -2.22. The molecule has 100 valence electrons. The van der Waals surface area contributed by atoms with Crippen LogP contribution in [-0.2, 0) is 6.54 Å². The second-order valence-corrected chi connectivity index (χ2v) is 6.00. The Morgan fingerprint density at radius 2 is 2.33 bits per heavy atom. The molecule has 5 heteroatoms. The van der Waals surface area contributed by atoms with Gasteiger partial charge in [-0.05, 0) is 30.3 Å². The first-order chi connectivity index (χ1) is 8.81. The van der Waals surface area contributed by atoms with Gasteiger partial charge in [0.15, 0.2) is 0 Å². The molecule has 18 heavy (non-hydrogen) atoms. The van der Waals surface area contributed by atoms with Gasteiger partial charge in [-0.15, -0.1) is 0 Å². The van der Waals surface area contributed by atoms with Gasteiger partial charge in [0.25, 0.3) is 0 Å². The number of nitrogens with zero attached hydrogens (tertiary/aromatic N) is 2. The summed E-state index contributed by atoms with van der Waals surface area (Å²) in [5, 5.41) is 4.07. The molecule has 1 aromatic rings. The van der Waals surface area contributed by atoms with Gasteiger partial charge in [-0.1, -0.05) is 18.5 Å². The van der Waals surface area contributed by atoms with Crippen LogP contribution in [0, 0.1) is 0 Å². The smallest absolute Gasteiger partial charge is 0.128 e. The molecule has 1 aliphatic rings. The van der Waals surface area contributed by atoms with Crippen LogP contribution < -0.4 is 10.2 Å². The monoisotopic (exact) mass is 285 g/mol. The summed E-state index contributed by atoms with van der Waals surface area (Å²) >= 11 is 8.21. The van der Waals surface area contributed by atoms with Gasteiger partial charge in [0, 0.05) is 31.6 Å². The fraction of sp³-hybridized carbons (Fsp3) is 0.615. The molecule has 0 amide bonds. The Morgan fingerprint density at radius 3 is 3.17 bits per heavy atom. The van der Waals surface area contributed by atoms with Gasteiger partial charge in [-0.25, -0.2) is 4.98 Å². The highest BCUT2D eigenvalue weighted by Crippen LogP contribution is 2.22. The number of halogens is 1. The van der Waals surface area contributed by atoms with Crippen molar-refractivity contribution in [2.75, 3.05) is 36.0 Å². The predicted octanol–water partition coefficient (Wildman–Crippen LogP) is 2.79. The number of aromatic nitrogens is 1. The first kappa shape index (κ1) is 14.0. The fourth-order valence-electron chi connectivity index (χ4n) is 2.01. The van der Waals surface area contributed by atoms with Crippen molar-refractivity contribution in [2.45, 2.75) is 19.9 Å². The minimum atomic E-state index is 0.754. The van der Waals surface area contributed by atoms with Crippen LogP contribution >= 0.6 is 23.4 Å². The van der Waals surface area contributed by atoms with E-state index in [0.29, 0.717) is 0 Å². The summed E-state index contributed by atoms with van der Waals surface area (Å²) < 4.78 is 0. The molecular formula is C13H20ClN3S. The Kier molecular flexibility index (Phi) is 5.60. The maximum atomic E-state index is 6.18. The summed E-state index contributed by atoms with van der Waals surface area (Å²) in [6, 6.07) is 2.13. The van der Waals surface area contributed by atoms with Crippen molar-refractivity contribution in [3.63, 3.8) is 0 Å². The number of hydrogen-bond donors (Lipinski definition) is 1. The fourth-order valence-corrected chi connectivity index (χ4v) is 3.07. The molecule has 1 aromatic heterocycles. The summed E-state index contributed by atoms with van der Waals surface area (Å²) in [7, 11) is 0. The van der Waals surface area contributed by atoms with Crippen LogP contribution in [0.4, 0.5) is 5.82 Å². The number of pyridine rings is 1. The van der Waals surface area contributed by atoms with Crippen LogP contribution in [0.25, 0.3) is 0 Å². The predicted molar refractivity (Wildman–Crippen MR) is 80.8 cm³/mol. The van der Waals surface area contributed by atoms with E-state index in [1.54, 1.807) is 6.20 Å². The lowest BCUT2D eigenvalue weighted by molar-refractivity contribution is 0.724.